The van der Waals surface area contributed by atoms with Gasteiger partial charge in [0.05, 0.1) is 18.6 Å². The summed E-state index contributed by atoms with van der Waals surface area (Å²) in [5.74, 6) is 0.560. The van der Waals surface area contributed by atoms with E-state index in [1.165, 1.54) is 16.7 Å². The SMILES string of the molecule is CC(C)c1ccc(C2(c3cccc(N)c3)COC2)cc1. The maximum atomic E-state index is 5.94. The van der Waals surface area contributed by atoms with Crippen molar-refractivity contribution in [2.24, 2.45) is 0 Å². The standard InChI is InChI=1S/C18H21NO/c1-13(2)14-6-8-15(9-7-14)18(11-20-12-18)16-4-3-5-17(19)10-16/h3-10,13H,11-12,19H2,1-2H3. The smallest absolute Gasteiger partial charge is 0.0670 e. The molecule has 0 saturated carbocycles. The molecule has 2 aromatic rings. The normalized spacial score (nSPS) is 16.9. The summed E-state index contributed by atoms with van der Waals surface area (Å²) in [6.07, 6.45) is 0. The molecule has 0 aromatic heterocycles. The summed E-state index contributed by atoms with van der Waals surface area (Å²) in [6.45, 7) is 5.90. The molecule has 0 aliphatic carbocycles. The zero-order chi connectivity index (χ0) is 14.2. The van der Waals surface area contributed by atoms with Gasteiger partial charge >= 0.3 is 0 Å². The fourth-order valence-electron chi connectivity index (χ4n) is 2.83. The molecule has 1 aliphatic heterocycles. The van der Waals surface area contributed by atoms with Crippen molar-refractivity contribution in [3.05, 3.63) is 65.2 Å². The number of nitrogens with two attached hydrogens (primary N) is 1. The molecular weight excluding hydrogens is 246 g/mol. The van der Waals surface area contributed by atoms with Gasteiger partial charge in [0.15, 0.2) is 0 Å². The Morgan fingerprint density at radius 3 is 2.20 bits per heavy atom. The number of hydrogen-bond donors (Lipinski definition) is 1. The van der Waals surface area contributed by atoms with E-state index in [4.69, 9.17) is 10.5 Å². The van der Waals surface area contributed by atoms with Crippen molar-refractivity contribution in [1.82, 2.24) is 0 Å². The average molecular weight is 267 g/mol. The predicted molar refractivity (Wildman–Crippen MR) is 83.0 cm³/mol. The second-order valence-corrected chi connectivity index (χ2v) is 5.98. The molecular formula is C18H21NO. The van der Waals surface area contributed by atoms with Crippen molar-refractivity contribution >= 4 is 5.69 Å². The zero-order valence-electron chi connectivity index (χ0n) is 12.1. The molecule has 1 aliphatic rings. The van der Waals surface area contributed by atoms with Crippen molar-refractivity contribution in [3.8, 4) is 0 Å². The fraction of sp³-hybridized carbons (Fsp3) is 0.333. The number of hydrogen-bond acceptors (Lipinski definition) is 2. The van der Waals surface area contributed by atoms with Crippen molar-refractivity contribution in [2.75, 3.05) is 18.9 Å². The first-order valence-electron chi connectivity index (χ1n) is 7.16. The summed E-state index contributed by atoms with van der Waals surface area (Å²) in [6, 6.07) is 17.1. The Hall–Kier alpha value is -1.80. The van der Waals surface area contributed by atoms with Crippen LogP contribution in [0.25, 0.3) is 0 Å². The lowest BCUT2D eigenvalue weighted by molar-refractivity contribution is -0.0379. The molecule has 2 aromatic carbocycles. The molecule has 1 heterocycles. The molecule has 2 nitrogen and oxygen atoms in total. The highest BCUT2D eigenvalue weighted by molar-refractivity contribution is 5.49. The second kappa shape index (κ2) is 4.95. The van der Waals surface area contributed by atoms with Crippen LogP contribution in [0.4, 0.5) is 5.69 Å². The molecule has 0 atom stereocenters. The van der Waals surface area contributed by atoms with Crippen LogP contribution in [0.5, 0.6) is 0 Å². The maximum Gasteiger partial charge on any atom is 0.0670 e. The summed E-state index contributed by atoms with van der Waals surface area (Å²) in [7, 11) is 0. The van der Waals surface area contributed by atoms with Gasteiger partial charge in [-0.1, -0.05) is 50.2 Å². The van der Waals surface area contributed by atoms with Gasteiger partial charge in [0.1, 0.15) is 0 Å². The molecule has 0 bridgehead atoms. The van der Waals surface area contributed by atoms with Crippen LogP contribution in [0.15, 0.2) is 48.5 Å². The van der Waals surface area contributed by atoms with Crippen molar-refractivity contribution < 1.29 is 4.74 Å². The Bertz CT molecular complexity index is 597. The Kier molecular flexibility index (Phi) is 3.27. The predicted octanol–water partition coefficient (Wildman–Crippen LogP) is 3.71. The molecule has 104 valence electrons. The van der Waals surface area contributed by atoms with Gasteiger partial charge in [0.25, 0.3) is 0 Å². The first-order chi connectivity index (χ1) is 9.62. The summed E-state index contributed by atoms with van der Waals surface area (Å²) in [5, 5.41) is 0. The Balaban J connectivity index is 2.00. The van der Waals surface area contributed by atoms with Crippen LogP contribution in [0.1, 0.15) is 36.5 Å². The van der Waals surface area contributed by atoms with E-state index in [0.29, 0.717) is 5.92 Å². The van der Waals surface area contributed by atoms with Crippen LogP contribution in [0.2, 0.25) is 0 Å². The van der Waals surface area contributed by atoms with Crippen LogP contribution in [-0.4, -0.2) is 13.2 Å². The second-order valence-electron chi connectivity index (χ2n) is 5.98. The topological polar surface area (TPSA) is 35.2 Å². The van der Waals surface area contributed by atoms with Crippen LogP contribution in [-0.2, 0) is 10.2 Å². The highest BCUT2D eigenvalue weighted by Gasteiger charge is 2.42. The molecule has 3 rings (SSSR count). The Morgan fingerprint density at radius 2 is 1.70 bits per heavy atom. The summed E-state index contributed by atoms with van der Waals surface area (Å²) in [5.41, 5.74) is 10.7. The minimum atomic E-state index is -0.0229. The Labute approximate surface area is 120 Å². The summed E-state index contributed by atoms with van der Waals surface area (Å²) in [4.78, 5) is 0. The monoisotopic (exact) mass is 267 g/mol. The van der Waals surface area contributed by atoms with Crippen molar-refractivity contribution in [2.45, 2.75) is 25.2 Å². The van der Waals surface area contributed by atoms with Gasteiger partial charge in [-0.15, -0.1) is 0 Å². The largest absolute Gasteiger partial charge is 0.399 e. The molecule has 0 spiro atoms. The number of rotatable bonds is 3. The summed E-state index contributed by atoms with van der Waals surface area (Å²) < 4.78 is 5.52. The van der Waals surface area contributed by atoms with Gasteiger partial charge in [0, 0.05) is 5.69 Å². The van der Waals surface area contributed by atoms with E-state index in [1.54, 1.807) is 0 Å². The number of ether oxygens (including phenoxy) is 1. The van der Waals surface area contributed by atoms with Gasteiger partial charge in [-0.3, -0.25) is 0 Å². The minimum Gasteiger partial charge on any atom is -0.399 e. The number of nitrogen functional groups attached to an aromatic ring is 1. The van der Waals surface area contributed by atoms with E-state index in [-0.39, 0.29) is 5.41 Å². The first-order valence-corrected chi connectivity index (χ1v) is 7.16. The van der Waals surface area contributed by atoms with Crippen LogP contribution < -0.4 is 5.73 Å². The van der Waals surface area contributed by atoms with E-state index in [1.807, 2.05) is 12.1 Å². The van der Waals surface area contributed by atoms with Crippen LogP contribution in [0.3, 0.4) is 0 Å². The molecule has 0 unspecified atom stereocenters. The summed E-state index contributed by atoms with van der Waals surface area (Å²) >= 11 is 0. The van der Waals surface area contributed by atoms with Gasteiger partial charge in [-0.05, 0) is 34.7 Å². The lowest BCUT2D eigenvalue weighted by Crippen LogP contribution is -2.47. The molecule has 0 amide bonds. The molecule has 2 N–H and O–H groups in total. The van der Waals surface area contributed by atoms with E-state index < -0.39 is 0 Å². The Morgan fingerprint density at radius 1 is 1.00 bits per heavy atom. The van der Waals surface area contributed by atoms with Gasteiger partial charge in [-0.2, -0.15) is 0 Å². The average Bonchev–Trinajstić information content (AvgIpc) is 2.38. The number of anilines is 1. The molecule has 1 saturated heterocycles. The third kappa shape index (κ3) is 2.10. The molecule has 20 heavy (non-hydrogen) atoms. The van der Waals surface area contributed by atoms with E-state index in [2.05, 4.69) is 50.2 Å². The van der Waals surface area contributed by atoms with Crippen molar-refractivity contribution in [1.29, 1.82) is 0 Å². The minimum absolute atomic E-state index is 0.0229. The highest BCUT2D eigenvalue weighted by atomic mass is 16.5. The molecule has 0 radical (unpaired) electrons. The molecule has 2 heteroatoms. The quantitative estimate of drug-likeness (QED) is 0.860. The van der Waals surface area contributed by atoms with Crippen LogP contribution >= 0.6 is 0 Å². The lowest BCUT2D eigenvalue weighted by atomic mass is 9.72. The van der Waals surface area contributed by atoms with Crippen LogP contribution in [0, 0.1) is 0 Å². The van der Waals surface area contributed by atoms with Crippen molar-refractivity contribution in [3.63, 3.8) is 0 Å². The third-order valence-corrected chi connectivity index (χ3v) is 4.27. The van der Waals surface area contributed by atoms with E-state index >= 15 is 0 Å². The zero-order valence-corrected chi connectivity index (χ0v) is 12.1. The van der Waals surface area contributed by atoms with Gasteiger partial charge in [-0.25, -0.2) is 0 Å². The van der Waals surface area contributed by atoms with E-state index in [0.717, 1.165) is 18.9 Å². The highest BCUT2D eigenvalue weighted by Crippen LogP contribution is 2.40. The van der Waals surface area contributed by atoms with Gasteiger partial charge in [0.2, 0.25) is 0 Å². The first kappa shape index (κ1) is 13.2. The molecule has 1 fully saturated rings. The lowest BCUT2D eigenvalue weighted by Gasteiger charge is -2.42. The number of benzene rings is 2. The third-order valence-electron chi connectivity index (χ3n) is 4.27. The fourth-order valence-corrected chi connectivity index (χ4v) is 2.83. The van der Waals surface area contributed by atoms with Gasteiger partial charge < -0.3 is 10.5 Å². The maximum absolute atomic E-state index is 5.94. The van der Waals surface area contributed by atoms with E-state index in [9.17, 15) is 0 Å².